The van der Waals surface area contributed by atoms with Gasteiger partial charge in [0.1, 0.15) is 5.39 Å². The fourth-order valence-electron chi connectivity index (χ4n) is 2.80. The zero-order valence-corrected chi connectivity index (χ0v) is 16.0. The Hall–Kier alpha value is -3.10. The summed E-state index contributed by atoms with van der Waals surface area (Å²) in [6, 6.07) is 8.77. The van der Waals surface area contributed by atoms with Gasteiger partial charge in [0.25, 0.3) is 5.56 Å². The fourth-order valence-corrected chi connectivity index (χ4v) is 2.80. The number of fused-ring (bicyclic) bond motifs is 1. The monoisotopic (exact) mass is 389 g/mol. The highest BCUT2D eigenvalue weighted by molar-refractivity contribution is 5.86. The zero-order chi connectivity index (χ0) is 20.7. The summed E-state index contributed by atoms with van der Waals surface area (Å²) in [6.45, 7) is 6.08. The molecule has 0 radical (unpaired) electrons. The molecule has 2 heterocycles. The number of nitrogens with one attached hydrogen (secondary N) is 1. The maximum atomic E-state index is 14.2. The second-order valence-electron chi connectivity index (χ2n) is 7.63. The van der Waals surface area contributed by atoms with Crippen LogP contribution in [0.3, 0.4) is 0 Å². The van der Waals surface area contributed by atoms with Crippen molar-refractivity contribution in [2.24, 2.45) is 0 Å². The zero-order valence-electron chi connectivity index (χ0n) is 16.0. The van der Waals surface area contributed by atoms with E-state index < -0.39 is 28.8 Å². The first-order chi connectivity index (χ1) is 13.0. The van der Waals surface area contributed by atoms with Crippen LogP contribution in [0.2, 0.25) is 0 Å². The molecule has 0 aliphatic heterocycles. The van der Waals surface area contributed by atoms with E-state index >= 15 is 0 Å². The van der Waals surface area contributed by atoms with Crippen molar-refractivity contribution in [2.45, 2.75) is 45.6 Å². The topological polar surface area (TPSA) is 81.8 Å². The molecule has 0 fully saturated rings. The number of halogens is 2. The molecule has 28 heavy (non-hydrogen) atoms. The van der Waals surface area contributed by atoms with Crippen LogP contribution in [-0.4, -0.2) is 25.3 Å². The normalized spacial score (nSPS) is 12.4. The second-order valence-corrected chi connectivity index (χ2v) is 7.63. The van der Waals surface area contributed by atoms with Gasteiger partial charge >= 0.3 is 5.92 Å². The maximum absolute atomic E-state index is 14.2. The predicted octanol–water partition coefficient (Wildman–Crippen LogP) is 2.77. The van der Waals surface area contributed by atoms with Gasteiger partial charge in [-0.25, -0.2) is 9.67 Å². The lowest BCUT2D eigenvalue weighted by atomic mass is 10.1. The second kappa shape index (κ2) is 6.81. The fraction of sp³-hybridized carbons (Fsp3) is 0.368. The minimum absolute atomic E-state index is 0.0441. The predicted molar refractivity (Wildman–Crippen MR) is 101 cm³/mol. The van der Waals surface area contributed by atoms with Crippen molar-refractivity contribution in [3.63, 3.8) is 0 Å². The number of hydrogen-bond donors (Lipinski definition) is 1. The van der Waals surface area contributed by atoms with E-state index in [1.165, 1.54) is 10.9 Å². The molecule has 0 saturated heterocycles. The Balaban J connectivity index is 2.10. The van der Waals surface area contributed by atoms with Crippen molar-refractivity contribution in [3.05, 3.63) is 58.3 Å². The lowest BCUT2D eigenvalue weighted by Crippen LogP contribution is -2.40. The van der Waals surface area contributed by atoms with Gasteiger partial charge in [0, 0.05) is 6.92 Å². The molecular formula is C19H21F2N5O2. The average molecular weight is 389 g/mol. The summed E-state index contributed by atoms with van der Waals surface area (Å²) < 4.78 is 30.4. The molecule has 1 N–H and O–H groups in total. The Morgan fingerprint density at radius 1 is 1.14 bits per heavy atom. The molecule has 0 aliphatic carbocycles. The van der Waals surface area contributed by atoms with Crippen LogP contribution in [0.25, 0.3) is 11.0 Å². The first-order valence-corrected chi connectivity index (χ1v) is 8.72. The Kier molecular flexibility index (Phi) is 4.78. The Labute approximate surface area is 160 Å². The third kappa shape index (κ3) is 3.78. The number of carbonyl (C=O) groups is 1. The molecule has 3 aromatic rings. The van der Waals surface area contributed by atoms with E-state index in [9.17, 15) is 18.4 Å². The Bertz CT molecular complexity index is 1080. The van der Waals surface area contributed by atoms with Gasteiger partial charge in [-0.3, -0.25) is 15.0 Å². The summed E-state index contributed by atoms with van der Waals surface area (Å²) in [7, 11) is 0. The van der Waals surface area contributed by atoms with Gasteiger partial charge in [-0.1, -0.05) is 30.3 Å². The standard InChI is InChI=1S/C19H21F2N5O2/c1-18(2,3)26-15-13(11-22-26)16(28)25(17(23-15)19(4,20)21)24-14(27)10-12-8-6-5-7-9-12/h5-9,11H,10H2,1-4H3,(H,24,27). The molecule has 7 nitrogen and oxygen atoms in total. The lowest BCUT2D eigenvalue weighted by molar-refractivity contribution is -0.116. The smallest absolute Gasteiger partial charge is 0.273 e. The van der Waals surface area contributed by atoms with Crippen molar-refractivity contribution < 1.29 is 13.6 Å². The molecule has 0 unspecified atom stereocenters. The number of amides is 1. The number of nitrogens with zero attached hydrogens (tertiary/aromatic N) is 4. The molecular weight excluding hydrogens is 368 g/mol. The molecule has 9 heteroatoms. The largest absolute Gasteiger partial charge is 0.304 e. The molecule has 1 amide bonds. The highest BCUT2D eigenvalue weighted by Gasteiger charge is 2.34. The number of hydrogen-bond acceptors (Lipinski definition) is 4. The van der Waals surface area contributed by atoms with Crippen LogP contribution in [0, 0.1) is 0 Å². The highest BCUT2D eigenvalue weighted by atomic mass is 19.3. The minimum atomic E-state index is -3.46. The molecule has 2 aromatic heterocycles. The number of rotatable bonds is 4. The number of carbonyl (C=O) groups excluding carboxylic acids is 1. The van der Waals surface area contributed by atoms with Gasteiger partial charge < -0.3 is 0 Å². The van der Waals surface area contributed by atoms with Crippen molar-refractivity contribution in [1.82, 2.24) is 19.4 Å². The number of aromatic nitrogens is 4. The third-order valence-electron chi connectivity index (χ3n) is 4.07. The van der Waals surface area contributed by atoms with Crippen LogP contribution in [0.5, 0.6) is 0 Å². The van der Waals surface area contributed by atoms with Gasteiger partial charge in [0.15, 0.2) is 5.65 Å². The van der Waals surface area contributed by atoms with Crippen LogP contribution in [0.1, 0.15) is 39.1 Å². The minimum Gasteiger partial charge on any atom is -0.273 e. The van der Waals surface area contributed by atoms with Crippen molar-refractivity contribution >= 4 is 16.9 Å². The van der Waals surface area contributed by atoms with Crippen molar-refractivity contribution in [1.29, 1.82) is 0 Å². The Morgan fingerprint density at radius 2 is 1.79 bits per heavy atom. The molecule has 1 aromatic carbocycles. The summed E-state index contributed by atoms with van der Waals surface area (Å²) in [5, 5.41) is 4.17. The van der Waals surface area contributed by atoms with Gasteiger partial charge in [-0.2, -0.15) is 18.6 Å². The quantitative estimate of drug-likeness (QED) is 0.744. The lowest BCUT2D eigenvalue weighted by Gasteiger charge is -2.21. The molecule has 0 aliphatic rings. The van der Waals surface area contributed by atoms with Gasteiger partial charge in [-0.15, -0.1) is 0 Å². The van der Waals surface area contributed by atoms with Crippen LogP contribution in [-0.2, 0) is 22.7 Å². The Morgan fingerprint density at radius 3 is 2.36 bits per heavy atom. The van der Waals surface area contributed by atoms with E-state index in [0.29, 0.717) is 17.2 Å². The van der Waals surface area contributed by atoms with Gasteiger partial charge in [-0.05, 0) is 26.3 Å². The SMILES string of the molecule is CC(F)(F)c1nc2c(cnn2C(C)(C)C)c(=O)n1NC(=O)Cc1ccccc1. The number of alkyl halides is 2. The summed E-state index contributed by atoms with van der Waals surface area (Å²) in [5.74, 6) is -4.92. The highest BCUT2D eigenvalue weighted by Crippen LogP contribution is 2.26. The van der Waals surface area contributed by atoms with E-state index in [1.54, 1.807) is 30.3 Å². The van der Waals surface area contributed by atoms with Gasteiger partial charge in [0.2, 0.25) is 11.7 Å². The van der Waals surface area contributed by atoms with Gasteiger partial charge in [0.05, 0.1) is 18.2 Å². The van der Waals surface area contributed by atoms with Crippen LogP contribution >= 0.6 is 0 Å². The van der Waals surface area contributed by atoms with E-state index in [0.717, 1.165) is 0 Å². The average Bonchev–Trinajstić information content (AvgIpc) is 3.01. The summed E-state index contributed by atoms with van der Waals surface area (Å²) in [5.41, 5.74) is 1.62. The van der Waals surface area contributed by atoms with E-state index in [4.69, 9.17) is 0 Å². The van der Waals surface area contributed by atoms with Crippen LogP contribution in [0.4, 0.5) is 8.78 Å². The first-order valence-electron chi connectivity index (χ1n) is 8.72. The summed E-state index contributed by atoms with van der Waals surface area (Å²) in [4.78, 5) is 29.2. The van der Waals surface area contributed by atoms with Crippen LogP contribution < -0.4 is 11.0 Å². The molecule has 0 spiro atoms. The van der Waals surface area contributed by atoms with E-state index in [2.05, 4.69) is 15.5 Å². The molecule has 0 bridgehead atoms. The van der Waals surface area contributed by atoms with E-state index in [1.807, 2.05) is 20.8 Å². The summed E-state index contributed by atoms with van der Waals surface area (Å²) in [6.07, 6.45) is 1.20. The van der Waals surface area contributed by atoms with E-state index in [-0.39, 0.29) is 17.5 Å². The molecule has 3 rings (SSSR count). The molecule has 0 saturated carbocycles. The molecule has 148 valence electrons. The van der Waals surface area contributed by atoms with Crippen LogP contribution in [0.15, 0.2) is 41.3 Å². The molecule has 0 atom stereocenters. The number of benzene rings is 1. The van der Waals surface area contributed by atoms with Crippen molar-refractivity contribution in [3.8, 4) is 0 Å². The first kappa shape index (κ1) is 19.7. The van der Waals surface area contributed by atoms with Crippen molar-refractivity contribution in [2.75, 3.05) is 5.43 Å². The third-order valence-corrected chi connectivity index (χ3v) is 4.07. The maximum Gasteiger partial charge on any atom is 0.304 e. The summed E-state index contributed by atoms with van der Waals surface area (Å²) >= 11 is 0.